The molecule has 0 aliphatic carbocycles. The largest absolute Gasteiger partial charge is 0.462 e. The lowest BCUT2D eigenvalue weighted by Gasteiger charge is -2.40. The fourth-order valence-electron chi connectivity index (χ4n) is 4.52. The second-order valence-corrected chi connectivity index (χ2v) is 13.0. The van der Waals surface area contributed by atoms with Gasteiger partial charge in [-0.05, 0) is 44.9 Å². The zero-order chi connectivity index (χ0) is 35.6. The van der Waals surface area contributed by atoms with Crippen molar-refractivity contribution < 1.29 is 56.8 Å². The summed E-state index contributed by atoms with van der Waals surface area (Å²) in [6.45, 7) is 3.41. The number of aliphatic hydroxyl groups is 3. The molecule has 0 radical (unpaired) electrons. The number of ether oxygens (including phenoxy) is 4. The van der Waals surface area contributed by atoms with Gasteiger partial charge in [-0.3, -0.25) is 14.1 Å². The lowest BCUT2D eigenvalue weighted by molar-refractivity contribution is -0.297. The Morgan fingerprint density at radius 3 is 2.06 bits per heavy atom. The quantitative estimate of drug-likeness (QED) is 0.0340. The van der Waals surface area contributed by atoms with Gasteiger partial charge in [0.2, 0.25) is 0 Å². The van der Waals surface area contributed by atoms with Crippen molar-refractivity contribution >= 4 is 22.1 Å². The Morgan fingerprint density at radius 2 is 1.38 bits per heavy atom. The van der Waals surface area contributed by atoms with Crippen LogP contribution in [0.2, 0.25) is 0 Å². The first-order valence-electron chi connectivity index (χ1n) is 16.9. The molecule has 0 bridgehead atoms. The minimum Gasteiger partial charge on any atom is -0.462 e. The monoisotopic (exact) mass is 700 g/mol. The van der Waals surface area contributed by atoms with Crippen LogP contribution in [0.4, 0.5) is 0 Å². The minimum absolute atomic E-state index is 0.108. The van der Waals surface area contributed by atoms with Gasteiger partial charge in [-0.1, -0.05) is 93.9 Å². The molecule has 6 atom stereocenters. The summed E-state index contributed by atoms with van der Waals surface area (Å²) in [6, 6.07) is 0. The molecule has 0 aromatic carbocycles. The van der Waals surface area contributed by atoms with E-state index in [0.717, 1.165) is 51.4 Å². The zero-order valence-electron chi connectivity index (χ0n) is 28.3. The van der Waals surface area contributed by atoms with Crippen molar-refractivity contribution in [3.05, 3.63) is 60.8 Å². The van der Waals surface area contributed by atoms with Gasteiger partial charge < -0.3 is 34.3 Å². The number of aliphatic hydroxyl groups excluding tert-OH is 3. The highest BCUT2D eigenvalue weighted by molar-refractivity contribution is 7.85. The predicted octanol–water partition coefficient (Wildman–Crippen LogP) is 4.66. The van der Waals surface area contributed by atoms with Crippen molar-refractivity contribution in [2.45, 2.75) is 128 Å². The highest BCUT2D eigenvalue weighted by atomic mass is 32.2. The molecule has 0 aromatic rings. The molecule has 3 unspecified atom stereocenters. The first kappa shape index (κ1) is 43.4. The van der Waals surface area contributed by atoms with Crippen LogP contribution in [0.3, 0.4) is 0 Å². The van der Waals surface area contributed by atoms with Crippen LogP contribution in [-0.4, -0.2) is 96.0 Å². The molecule has 0 spiro atoms. The van der Waals surface area contributed by atoms with Crippen molar-refractivity contribution in [3.63, 3.8) is 0 Å². The van der Waals surface area contributed by atoms with E-state index < -0.39 is 71.2 Å². The third kappa shape index (κ3) is 21.3. The van der Waals surface area contributed by atoms with E-state index >= 15 is 0 Å². The Labute approximate surface area is 285 Å². The highest BCUT2D eigenvalue weighted by Crippen LogP contribution is 2.23. The van der Waals surface area contributed by atoms with E-state index in [-0.39, 0.29) is 19.4 Å². The summed E-state index contributed by atoms with van der Waals surface area (Å²) < 4.78 is 53.4. The second kappa shape index (κ2) is 26.2. The molecule has 13 heteroatoms. The van der Waals surface area contributed by atoms with E-state index in [1.165, 1.54) is 0 Å². The van der Waals surface area contributed by atoms with Crippen LogP contribution in [0.1, 0.15) is 90.9 Å². The van der Waals surface area contributed by atoms with Crippen LogP contribution < -0.4 is 0 Å². The van der Waals surface area contributed by atoms with Crippen molar-refractivity contribution in [3.8, 4) is 0 Å². The molecule has 274 valence electrons. The van der Waals surface area contributed by atoms with E-state index in [0.29, 0.717) is 12.8 Å². The maximum Gasteiger partial charge on any atom is 0.306 e. The zero-order valence-corrected chi connectivity index (χ0v) is 29.1. The Balaban J connectivity index is 2.64. The molecule has 4 N–H and O–H groups in total. The molecule has 1 aliphatic heterocycles. The predicted molar refractivity (Wildman–Crippen MR) is 182 cm³/mol. The number of hydrogen-bond acceptors (Lipinski definition) is 11. The second-order valence-electron chi connectivity index (χ2n) is 11.5. The van der Waals surface area contributed by atoms with Crippen LogP contribution in [-0.2, 0) is 38.7 Å². The summed E-state index contributed by atoms with van der Waals surface area (Å²) in [6.07, 6.45) is 19.1. The third-order valence-corrected chi connectivity index (χ3v) is 7.94. The number of rotatable bonds is 25. The van der Waals surface area contributed by atoms with Gasteiger partial charge >= 0.3 is 11.9 Å². The van der Waals surface area contributed by atoms with Crippen LogP contribution in [0.25, 0.3) is 0 Å². The number of hydrogen-bond donors (Lipinski definition) is 4. The Bertz CT molecular complexity index is 1140. The van der Waals surface area contributed by atoms with E-state index in [2.05, 4.69) is 19.9 Å². The fourth-order valence-corrected chi connectivity index (χ4v) is 5.22. The van der Waals surface area contributed by atoms with Gasteiger partial charge in [-0.25, -0.2) is 0 Å². The summed E-state index contributed by atoms with van der Waals surface area (Å²) in [5, 5.41) is 30.6. The van der Waals surface area contributed by atoms with Gasteiger partial charge in [0.25, 0.3) is 10.1 Å². The van der Waals surface area contributed by atoms with Crippen molar-refractivity contribution in [2.24, 2.45) is 0 Å². The number of esters is 2. The summed E-state index contributed by atoms with van der Waals surface area (Å²) in [5.74, 6) is -2.12. The maximum atomic E-state index is 12.6. The van der Waals surface area contributed by atoms with Gasteiger partial charge in [-0.2, -0.15) is 8.42 Å². The van der Waals surface area contributed by atoms with E-state index in [9.17, 15) is 33.3 Å². The van der Waals surface area contributed by atoms with Crippen molar-refractivity contribution in [1.82, 2.24) is 0 Å². The van der Waals surface area contributed by atoms with Crippen LogP contribution in [0.5, 0.6) is 0 Å². The smallest absolute Gasteiger partial charge is 0.306 e. The van der Waals surface area contributed by atoms with Gasteiger partial charge in [0.15, 0.2) is 12.4 Å². The van der Waals surface area contributed by atoms with Gasteiger partial charge in [0.05, 0.1) is 6.61 Å². The highest BCUT2D eigenvalue weighted by Gasteiger charge is 2.46. The third-order valence-electron chi connectivity index (χ3n) is 7.19. The molecule has 1 fully saturated rings. The molecule has 1 heterocycles. The first-order valence-corrected chi connectivity index (χ1v) is 18.5. The summed E-state index contributed by atoms with van der Waals surface area (Å²) in [4.78, 5) is 25.0. The standard InChI is InChI=1S/C35H56O12S/c1-3-5-7-9-11-12-13-14-15-16-18-20-22-24-31(37)46-28(25-44-30(36)23-21-19-17-10-8-6-4-2)26-45-35-34(40)33(39)32(38)29(47-35)27-48(41,42)43/h5,7,9,11-15,17,19,28-29,32-35,38-40H,3-4,6,8,10,16,18,20-27H2,1-2H3,(H,41,42,43)/b7-5+,11-9+,13-12+,15-14+,19-17+/t28?,29-,32-,33?,34?,35+/m1/s1. The average Bonchev–Trinajstić information content (AvgIpc) is 3.04. The van der Waals surface area contributed by atoms with Gasteiger partial charge in [0, 0.05) is 12.8 Å². The molecular weight excluding hydrogens is 644 g/mol. The molecule has 0 amide bonds. The minimum atomic E-state index is -4.60. The first-order chi connectivity index (χ1) is 23.0. The average molecular weight is 701 g/mol. The molecule has 1 aliphatic rings. The number of carbonyl (C=O) groups is 2. The van der Waals surface area contributed by atoms with Gasteiger partial charge in [-0.15, -0.1) is 0 Å². The Morgan fingerprint density at radius 1 is 0.729 bits per heavy atom. The summed E-state index contributed by atoms with van der Waals surface area (Å²) in [7, 11) is -4.60. The number of carbonyl (C=O) groups excluding carboxylic acids is 2. The lowest BCUT2D eigenvalue weighted by Crippen LogP contribution is -2.60. The molecule has 1 saturated heterocycles. The maximum absolute atomic E-state index is 12.6. The molecular formula is C35H56O12S. The molecule has 1 rings (SSSR count). The topological polar surface area (TPSA) is 186 Å². The summed E-state index contributed by atoms with van der Waals surface area (Å²) >= 11 is 0. The fraction of sp³-hybridized carbons (Fsp3) is 0.657. The number of unbranched alkanes of at least 4 members (excludes halogenated alkanes) is 6. The Hall–Kier alpha value is -2.65. The van der Waals surface area contributed by atoms with Crippen molar-refractivity contribution in [2.75, 3.05) is 19.0 Å². The van der Waals surface area contributed by atoms with E-state index in [1.54, 1.807) is 0 Å². The number of allylic oxidation sites excluding steroid dienone is 10. The van der Waals surface area contributed by atoms with Crippen LogP contribution in [0.15, 0.2) is 60.8 Å². The molecule has 0 saturated carbocycles. The summed E-state index contributed by atoms with van der Waals surface area (Å²) in [5.41, 5.74) is 0. The van der Waals surface area contributed by atoms with Crippen molar-refractivity contribution in [1.29, 1.82) is 0 Å². The van der Waals surface area contributed by atoms with Crippen LogP contribution >= 0.6 is 0 Å². The molecule has 48 heavy (non-hydrogen) atoms. The SMILES string of the molecule is CC/C=C/C=C/C=C/C=C/CCCCCC(=O)OC(COC(=O)CC/C=C/CCCCC)CO[C@H]1O[C@H](CS(=O)(=O)O)[C@@H](O)C(O)C1O. The normalized spacial score (nSPS) is 22.8. The van der Waals surface area contributed by atoms with E-state index in [1.807, 2.05) is 54.7 Å². The van der Waals surface area contributed by atoms with Crippen LogP contribution in [0, 0.1) is 0 Å². The van der Waals surface area contributed by atoms with Gasteiger partial charge in [0.1, 0.15) is 36.8 Å². The molecule has 0 aromatic heterocycles. The molecule has 12 nitrogen and oxygen atoms in total. The van der Waals surface area contributed by atoms with E-state index in [4.69, 9.17) is 23.5 Å². The lowest BCUT2D eigenvalue weighted by atomic mass is 10.00. The Kier molecular flexibility index (Phi) is 23.7.